The summed E-state index contributed by atoms with van der Waals surface area (Å²) in [5.41, 5.74) is 3.80. The van der Waals surface area contributed by atoms with Gasteiger partial charge in [0.25, 0.3) is 5.56 Å². The van der Waals surface area contributed by atoms with Crippen molar-refractivity contribution in [2.75, 3.05) is 0 Å². The van der Waals surface area contributed by atoms with Gasteiger partial charge in [0, 0.05) is 0 Å². The highest BCUT2D eigenvalue weighted by molar-refractivity contribution is 7.71. The number of rotatable bonds is 1. The van der Waals surface area contributed by atoms with Crippen molar-refractivity contribution in [1.82, 2.24) is 9.55 Å². The molecule has 0 atom stereocenters. The van der Waals surface area contributed by atoms with Gasteiger partial charge >= 0.3 is 0 Å². The van der Waals surface area contributed by atoms with E-state index >= 15 is 0 Å². The molecule has 1 aromatic carbocycles. The Bertz CT molecular complexity index is 886. The highest BCUT2D eigenvalue weighted by atomic mass is 32.1. The summed E-state index contributed by atoms with van der Waals surface area (Å²) in [6, 6.07) is 7.86. The summed E-state index contributed by atoms with van der Waals surface area (Å²) in [5, 5.41) is 1.89. The van der Waals surface area contributed by atoms with E-state index < -0.39 is 0 Å². The number of hydrogen-bond acceptors (Lipinski definition) is 3. The topological polar surface area (TPSA) is 37.8 Å². The van der Waals surface area contributed by atoms with Crippen LogP contribution in [0.5, 0.6) is 0 Å². The Labute approximate surface area is 119 Å². The maximum atomic E-state index is 12.5. The van der Waals surface area contributed by atoms with E-state index in [1.807, 2.05) is 37.4 Å². The highest BCUT2D eigenvalue weighted by Gasteiger charge is 2.10. The lowest BCUT2D eigenvalue weighted by Crippen LogP contribution is -2.20. The number of nitrogens with one attached hydrogen (secondary N) is 1. The van der Waals surface area contributed by atoms with Crippen LogP contribution in [0.3, 0.4) is 0 Å². The van der Waals surface area contributed by atoms with Crippen molar-refractivity contribution in [1.29, 1.82) is 0 Å². The number of aromatic amines is 1. The molecule has 0 saturated heterocycles. The Morgan fingerprint density at radius 1 is 1.26 bits per heavy atom. The fourth-order valence-electron chi connectivity index (χ4n) is 2.21. The zero-order valence-corrected chi connectivity index (χ0v) is 12.2. The van der Waals surface area contributed by atoms with Gasteiger partial charge in [0.15, 0.2) is 4.77 Å². The first-order chi connectivity index (χ1) is 9.08. The van der Waals surface area contributed by atoms with Crippen LogP contribution < -0.4 is 5.56 Å². The molecular formula is C14H12N2OS2. The van der Waals surface area contributed by atoms with E-state index in [2.05, 4.69) is 11.1 Å². The molecule has 3 aromatic rings. The minimum atomic E-state index is -0.0549. The minimum absolute atomic E-state index is 0.0549. The van der Waals surface area contributed by atoms with E-state index in [0.29, 0.717) is 9.47 Å². The first-order valence-corrected chi connectivity index (χ1v) is 7.17. The van der Waals surface area contributed by atoms with E-state index in [4.69, 9.17) is 12.2 Å². The lowest BCUT2D eigenvalue weighted by molar-refractivity contribution is 0.933. The second-order valence-electron chi connectivity index (χ2n) is 4.52. The van der Waals surface area contributed by atoms with Gasteiger partial charge in [-0.15, -0.1) is 11.3 Å². The third-order valence-electron chi connectivity index (χ3n) is 3.10. The van der Waals surface area contributed by atoms with E-state index in [1.165, 1.54) is 16.9 Å². The molecule has 0 amide bonds. The molecule has 0 saturated carbocycles. The Morgan fingerprint density at radius 2 is 2.05 bits per heavy atom. The molecule has 0 fully saturated rings. The van der Waals surface area contributed by atoms with Crippen LogP contribution in [-0.4, -0.2) is 9.55 Å². The van der Waals surface area contributed by atoms with Crippen molar-refractivity contribution in [2.45, 2.75) is 13.8 Å². The molecule has 96 valence electrons. The molecule has 3 nitrogen and oxygen atoms in total. The summed E-state index contributed by atoms with van der Waals surface area (Å²) in [6.07, 6.45) is 0. The van der Waals surface area contributed by atoms with Crippen molar-refractivity contribution >= 4 is 33.8 Å². The number of thiophene rings is 1. The summed E-state index contributed by atoms with van der Waals surface area (Å²) in [5.74, 6) is 0. The average molecular weight is 288 g/mol. The van der Waals surface area contributed by atoms with Gasteiger partial charge in [-0.05, 0) is 49.1 Å². The standard InChI is InChI=1S/C14H12N2OS2/c1-8-3-4-11(9(2)7-8)16-13(17)12-10(5-6-19-12)15-14(16)18/h3-7H,1-2H3,(H,15,18). The molecular weight excluding hydrogens is 276 g/mol. The van der Waals surface area contributed by atoms with Crippen molar-refractivity contribution in [3.63, 3.8) is 0 Å². The first kappa shape index (κ1) is 12.3. The van der Waals surface area contributed by atoms with Gasteiger partial charge in [-0.25, -0.2) is 0 Å². The van der Waals surface area contributed by atoms with Gasteiger partial charge < -0.3 is 4.98 Å². The third-order valence-corrected chi connectivity index (χ3v) is 4.29. The monoisotopic (exact) mass is 288 g/mol. The zero-order chi connectivity index (χ0) is 13.6. The van der Waals surface area contributed by atoms with Gasteiger partial charge in [-0.1, -0.05) is 17.7 Å². The number of benzene rings is 1. The van der Waals surface area contributed by atoms with Crippen LogP contribution in [0.2, 0.25) is 0 Å². The SMILES string of the molecule is Cc1ccc(-n2c(=S)[nH]c3ccsc3c2=O)c(C)c1. The molecule has 3 rings (SSSR count). The number of aromatic nitrogens is 2. The summed E-state index contributed by atoms with van der Waals surface area (Å²) < 4.78 is 2.71. The fraction of sp³-hybridized carbons (Fsp3) is 0.143. The maximum absolute atomic E-state index is 12.5. The van der Waals surface area contributed by atoms with Crippen LogP contribution in [-0.2, 0) is 0 Å². The molecule has 19 heavy (non-hydrogen) atoms. The third kappa shape index (κ3) is 1.95. The first-order valence-electron chi connectivity index (χ1n) is 5.88. The van der Waals surface area contributed by atoms with Crippen molar-refractivity contribution in [3.8, 4) is 5.69 Å². The lowest BCUT2D eigenvalue weighted by atomic mass is 10.1. The molecule has 5 heteroatoms. The number of H-pyrrole nitrogens is 1. The van der Waals surface area contributed by atoms with Crippen LogP contribution in [0.15, 0.2) is 34.4 Å². The summed E-state index contributed by atoms with van der Waals surface area (Å²) in [4.78, 5) is 15.6. The lowest BCUT2D eigenvalue weighted by Gasteiger charge is -2.10. The second-order valence-corrected chi connectivity index (χ2v) is 5.83. The summed E-state index contributed by atoms with van der Waals surface area (Å²) in [6.45, 7) is 4.02. The predicted molar refractivity (Wildman–Crippen MR) is 82.1 cm³/mol. The number of hydrogen-bond donors (Lipinski definition) is 1. The Morgan fingerprint density at radius 3 is 2.79 bits per heavy atom. The number of aryl methyl sites for hydroxylation is 2. The Hall–Kier alpha value is -1.72. The van der Waals surface area contributed by atoms with Crippen LogP contribution in [0, 0.1) is 18.6 Å². The Kier molecular flexibility index (Phi) is 2.88. The molecule has 0 radical (unpaired) electrons. The van der Waals surface area contributed by atoms with Gasteiger partial charge in [0.05, 0.1) is 11.2 Å². The minimum Gasteiger partial charge on any atom is -0.331 e. The van der Waals surface area contributed by atoms with Crippen LogP contribution in [0.25, 0.3) is 15.9 Å². The number of nitrogens with zero attached hydrogens (tertiary/aromatic N) is 1. The largest absolute Gasteiger partial charge is 0.331 e. The van der Waals surface area contributed by atoms with Crippen molar-refractivity contribution < 1.29 is 0 Å². The molecule has 2 aromatic heterocycles. The quantitative estimate of drug-likeness (QED) is 0.693. The van der Waals surface area contributed by atoms with Gasteiger partial charge in [0.2, 0.25) is 0 Å². The molecule has 0 aliphatic heterocycles. The van der Waals surface area contributed by atoms with Crippen molar-refractivity contribution in [2.24, 2.45) is 0 Å². The number of fused-ring (bicyclic) bond motifs is 1. The molecule has 1 N–H and O–H groups in total. The summed E-state index contributed by atoms with van der Waals surface area (Å²) in [7, 11) is 0. The van der Waals surface area contributed by atoms with Crippen LogP contribution >= 0.6 is 23.6 Å². The molecule has 0 bridgehead atoms. The summed E-state index contributed by atoms with van der Waals surface area (Å²) >= 11 is 6.75. The fourth-order valence-corrected chi connectivity index (χ4v) is 3.28. The normalized spacial score (nSPS) is 11.1. The molecule has 0 aliphatic carbocycles. The van der Waals surface area contributed by atoms with Gasteiger partial charge in [-0.3, -0.25) is 9.36 Å². The van der Waals surface area contributed by atoms with E-state index in [9.17, 15) is 4.79 Å². The van der Waals surface area contributed by atoms with Crippen LogP contribution in [0.1, 0.15) is 11.1 Å². The zero-order valence-electron chi connectivity index (χ0n) is 10.6. The van der Waals surface area contributed by atoms with E-state index in [0.717, 1.165) is 16.8 Å². The van der Waals surface area contributed by atoms with Crippen LogP contribution in [0.4, 0.5) is 0 Å². The van der Waals surface area contributed by atoms with Gasteiger partial charge in [-0.2, -0.15) is 0 Å². The second kappa shape index (κ2) is 4.43. The molecule has 0 aliphatic rings. The molecule has 0 unspecified atom stereocenters. The maximum Gasteiger partial charge on any atom is 0.276 e. The smallest absolute Gasteiger partial charge is 0.276 e. The van der Waals surface area contributed by atoms with Crippen molar-refractivity contribution in [3.05, 3.63) is 55.9 Å². The predicted octanol–water partition coefficient (Wildman–Crippen LogP) is 3.73. The molecule has 0 spiro atoms. The van der Waals surface area contributed by atoms with Gasteiger partial charge in [0.1, 0.15) is 4.70 Å². The average Bonchev–Trinajstić information content (AvgIpc) is 2.80. The highest BCUT2D eigenvalue weighted by Crippen LogP contribution is 2.18. The van der Waals surface area contributed by atoms with E-state index in [-0.39, 0.29) is 5.56 Å². The molecule has 2 heterocycles. The Balaban J connectivity index is 2.42. The van der Waals surface area contributed by atoms with E-state index in [1.54, 1.807) is 4.57 Å².